The van der Waals surface area contributed by atoms with Gasteiger partial charge in [-0.3, -0.25) is 24.6 Å². The Labute approximate surface area is 193 Å². The van der Waals surface area contributed by atoms with Crippen molar-refractivity contribution >= 4 is 29.0 Å². The molecule has 1 aromatic heterocycles. The number of non-ortho nitro benzene ring substituents is 1. The predicted octanol–water partition coefficient (Wildman–Crippen LogP) is 4.08. The molecule has 1 aliphatic rings. The van der Waals surface area contributed by atoms with Crippen LogP contribution in [0.15, 0.2) is 77.3 Å². The highest BCUT2D eigenvalue weighted by atomic mass is 16.6. The number of aromatic nitrogens is 1. The van der Waals surface area contributed by atoms with E-state index >= 15 is 0 Å². The number of ketones is 1. The van der Waals surface area contributed by atoms with Gasteiger partial charge in [0.25, 0.3) is 11.5 Å². The van der Waals surface area contributed by atoms with E-state index in [0.29, 0.717) is 18.1 Å². The summed E-state index contributed by atoms with van der Waals surface area (Å²) in [5.41, 5.74) is 0.0475. The average molecular weight is 461 g/mol. The van der Waals surface area contributed by atoms with Crippen LogP contribution in [0.25, 0.3) is 5.76 Å². The summed E-state index contributed by atoms with van der Waals surface area (Å²) in [6.07, 6.45) is 1.58. The number of Topliss-reactive ketones (excluding diaryl/α,β-unsaturated/α-hetero) is 1. The summed E-state index contributed by atoms with van der Waals surface area (Å²) in [4.78, 5) is 37.9. The number of benzene rings is 2. The van der Waals surface area contributed by atoms with Crippen LogP contribution in [0.2, 0.25) is 0 Å². The third-order valence-corrected chi connectivity index (χ3v) is 5.20. The van der Waals surface area contributed by atoms with Crippen molar-refractivity contribution in [2.45, 2.75) is 13.0 Å². The fourth-order valence-corrected chi connectivity index (χ4v) is 3.68. The van der Waals surface area contributed by atoms with Crippen LogP contribution in [-0.4, -0.2) is 33.5 Å². The highest BCUT2D eigenvalue weighted by Crippen LogP contribution is 2.42. The van der Waals surface area contributed by atoms with E-state index in [1.165, 1.54) is 42.5 Å². The number of aliphatic hydroxyl groups is 1. The Morgan fingerprint density at radius 3 is 2.62 bits per heavy atom. The number of ether oxygens (including phenoxy) is 1. The quantitative estimate of drug-likeness (QED) is 0.139. The third-order valence-electron chi connectivity index (χ3n) is 5.20. The lowest BCUT2D eigenvalue weighted by atomic mass is 9.95. The summed E-state index contributed by atoms with van der Waals surface area (Å²) in [6.45, 7) is 5.49. The van der Waals surface area contributed by atoms with Crippen molar-refractivity contribution in [1.29, 1.82) is 0 Å². The van der Waals surface area contributed by atoms with Crippen molar-refractivity contribution in [3.8, 4) is 5.75 Å². The highest BCUT2D eigenvalue weighted by molar-refractivity contribution is 6.51. The molecule has 0 unspecified atom stereocenters. The minimum Gasteiger partial charge on any atom is -0.507 e. The molecule has 1 aliphatic heterocycles. The molecule has 0 bridgehead atoms. The van der Waals surface area contributed by atoms with Gasteiger partial charge in [0.1, 0.15) is 23.9 Å². The van der Waals surface area contributed by atoms with Crippen molar-refractivity contribution in [3.05, 3.63) is 99.8 Å². The summed E-state index contributed by atoms with van der Waals surface area (Å²) in [5, 5.41) is 26.3. The topological polar surface area (TPSA) is 136 Å². The molecule has 0 saturated carbocycles. The lowest BCUT2D eigenvalue weighted by Crippen LogP contribution is -2.29. The van der Waals surface area contributed by atoms with E-state index in [9.17, 15) is 24.8 Å². The summed E-state index contributed by atoms with van der Waals surface area (Å²) in [5.74, 6) is -1.38. The number of nitro benzene ring substituents is 1. The Morgan fingerprint density at radius 2 is 2.00 bits per heavy atom. The number of anilines is 1. The number of nitro groups is 1. The first kappa shape index (κ1) is 22.5. The minimum absolute atomic E-state index is 0.0447. The van der Waals surface area contributed by atoms with Crippen LogP contribution in [0.3, 0.4) is 0 Å². The number of aryl methyl sites for hydroxylation is 1. The first-order chi connectivity index (χ1) is 16.3. The fraction of sp³-hybridized carbons (Fsp3) is 0.125. The van der Waals surface area contributed by atoms with E-state index in [2.05, 4.69) is 11.7 Å². The molecule has 0 spiro atoms. The lowest BCUT2D eigenvalue weighted by Gasteiger charge is -2.22. The summed E-state index contributed by atoms with van der Waals surface area (Å²) in [6, 6.07) is 12.1. The maximum Gasteiger partial charge on any atom is 0.301 e. The van der Waals surface area contributed by atoms with Gasteiger partial charge in [0, 0.05) is 23.8 Å². The molecule has 10 nitrogen and oxygen atoms in total. The average Bonchev–Trinajstić information content (AvgIpc) is 3.38. The summed E-state index contributed by atoms with van der Waals surface area (Å²) in [7, 11) is 0. The molecule has 2 heterocycles. The second kappa shape index (κ2) is 9.02. The monoisotopic (exact) mass is 461 g/mol. The zero-order valence-corrected chi connectivity index (χ0v) is 18.0. The van der Waals surface area contributed by atoms with Crippen LogP contribution in [0.1, 0.15) is 22.9 Å². The van der Waals surface area contributed by atoms with Crippen LogP contribution in [-0.2, 0) is 9.59 Å². The second-order valence-corrected chi connectivity index (χ2v) is 7.44. The molecule has 172 valence electrons. The van der Waals surface area contributed by atoms with Crippen molar-refractivity contribution in [3.63, 3.8) is 0 Å². The van der Waals surface area contributed by atoms with Crippen LogP contribution in [0.5, 0.6) is 5.75 Å². The molecule has 1 N–H and O–H groups in total. The van der Waals surface area contributed by atoms with Crippen molar-refractivity contribution in [2.24, 2.45) is 0 Å². The zero-order valence-electron chi connectivity index (χ0n) is 18.0. The summed E-state index contributed by atoms with van der Waals surface area (Å²) < 4.78 is 10.5. The molecule has 10 heteroatoms. The van der Waals surface area contributed by atoms with E-state index in [-0.39, 0.29) is 28.2 Å². The molecule has 1 saturated heterocycles. The zero-order chi connectivity index (χ0) is 24.4. The van der Waals surface area contributed by atoms with Gasteiger partial charge < -0.3 is 14.4 Å². The Balaban J connectivity index is 1.87. The Kier molecular flexibility index (Phi) is 5.96. The van der Waals surface area contributed by atoms with Crippen LogP contribution in [0, 0.1) is 17.0 Å². The van der Waals surface area contributed by atoms with Gasteiger partial charge in [0.05, 0.1) is 16.5 Å². The van der Waals surface area contributed by atoms with Gasteiger partial charge in [0.2, 0.25) is 0 Å². The van der Waals surface area contributed by atoms with Crippen LogP contribution >= 0.6 is 0 Å². The Hall–Kier alpha value is -4.73. The molecular weight excluding hydrogens is 442 g/mol. The number of nitrogens with zero attached hydrogens (tertiary/aromatic N) is 3. The molecule has 1 atom stereocenters. The third kappa shape index (κ3) is 4.04. The van der Waals surface area contributed by atoms with E-state index < -0.39 is 28.4 Å². The first-order valence-corrected chi connectivity index (χ1v) is 10.1. The first-order valence-electron chi connectivity index (χ1n) is 10.1. The SMILES string of the molecule is C=CCOc1ccc(C(O)=C2C(=O)C(=O)N(c3cc(C)on3)[C@@H]2c2cccc([N+](=O)[O-])c2)cc1. The van der Waals surface area contributed by atoms with Crippen LogP contribution in [0.4, 0.5) is 11.5 Å². The Bertz CT molecular complexity index is 1320. The lowest BCUT2D eigenvalue weighted by molar-refractivity contribution is -0.384. The normalized spacial score (nSPS) is 17.1. The molecule has 0 radical (unpaired) electrons. The van der Waals surface area contributed by atoms with E-state index in [0.717, 1.165) is 4.90 Å². The smallest absolute Gasteiger partial charge is 0.301 e. The Morgan fingerprint density at radius 1 is 1.26 bits per heavy atom. The number of amides is 1. The molecule has 1 fully saturated rings. The van der Waals surface area contributed by atoms with E-state index in [4.69, 9.17) is 9.26 Å². The highest BCUT2D eigenvalue weighted by Gasteiger charge is 2.48. The van der Waals surface area contributed by atoms with Gasteiger partial charge in [-0.15, -0.1) is 0 Å². The van der Waals surface area contributed by atoms with E-state index in [1.807, 2.05) is 0 Å². The molecule has 3 aromatic rings. The summed E-state index contributed by atoms with van der Waals surface area (Å²) >= 11 is 0. The van der Waals surface area contributed by atoms with Gasteiger partial charge in [-0.1, -0.05) is 29.9 Å². The van der Waals surface area contributed by atoms with Gasteiger partial charge in [-0.2, -0.15) is 0 Å². The molecule has 34 heavy (non-hydrogen) atoms. The van der Waals surface area contributed by atoms with Gasteiger partial charge >= 0.3 is 5.91 Å². The molecule has 1 amide bonds. The largest absolute Gasteiger partial charge is 0.507 e. The standard InChI is InChI=1S/C24H19N3O7/c1-3-11-33-18-9-7-15(8-10-18)22(28)20-21(16-5-4-6-17(13-16)27(31)32)26(24(30)23(20)29)19-12-14(2)34-25-19/h3-10,12-13,21,28H,1,11H2,2H3/t21-/m1/s1. The maximum absolute atomic E-state index is 13.1. The fourth-order valence-electron chi connectivity index (χ4n) is 3.68. The van der Waals surface area contributed by atoms with Gasteiger partial charge in [-0.05, 0) is 36.8 Å². The predicted molar refractivity (Wildman–Crippen MR) is 121 cm³/mol. The minimum atomic E-state index is -1.17. The number of hydrogen-bond acceptors (Lipinski definition) is 8. The van der Waals surface area contributed by atoms with Crippen LogP contribution < -0.4 is 9.64 Å². The number of carbonyl (C=O) groups is 2. The maximum atomic E-state index is 13.1. The molecule has 2 aromatic carbocycles. The van der Waals surface area contributed by atoms with Gasteiger partial charge in [0.15, 0.2) is 5.82 Å². The molecule has 4 rings (SSSR count). The second-order valence-electron chi connectivity index (χ2n) is 7.44. The number of carbonyl (C=O) groups excluding carboxylic acids is 2. The number of aliphatic hydroxyl groups excluding tert-OH is 1. The van der Waals surface area contributed by atoms with Crippen molar-refractivity contribution in [2.75, 3.05) is 11.5 Å². The van der Waals surface area contributed by atoms with Crippen molar-refractivity contribution in [1.82, 2.24) is 5.16 Å². The molecular formula is C24H19N3O7. The van der Waals surface area contributed by atoms with Gasteiger partial charge in [-0.25, -0.2) is 0 Å². The number of hydrogen-bond donors (Lipinski definition) is 1. The van der Waals surface area contributed by atoms with E-state index in [1.54, 1.807) is 25.1 Å². The van der Waals surface area contributed by atoms with Crippen molar-refractivity contribution < 1.29 is 28.9 Å². The number of rotatable bonds is 7. The molecule has 0 aliphatic carbocycles.